The van der Waals surface area contributed by atoms with Crippen LogP contribution < -0.4 is 4.72 Å². The molecule has 1 N–H and O–H groups in total. The van der Waals surface area contributed by atoms with Gasteiger partial charge in [0.25, 0.3) is 0 Å². The monoisotopic (exact) mass is 473 g/mol. The van der Waals surface area contributed by atoms with Crippen LogP contribution in [-0.4, -0.2) is 49.2 Å². The number of rotatable bonds is 10. The zero-order valence-corrected chi connectivity index (χ0v) is 19.6. The number of esters is 2. The first kappa shape index (κ1) is 24.4. The number of nitrogens with zero attached hydrogens (tertiary/aromatic N) is 2. The molecule has 0 aliphatic rings. The van der Waals surface area contributed by atoms with Gasteiger partial charge in [0.2, 0.25) is 10.0 Å². The number of para-hydroxylation sites is 2. The van der Waals surface area contributed by atoms with Crippen LogP contribution in [0.15, 0.2) is 53.4 Å². The third-order valence-corrected chi connectivity index (χ3v) is 6.45. The average Bonchev–Trinajstić information content (AvgIpc) is 3.09. The molecule has 0 aliphatic carbocycles. The molecular formula is C23H27N3O6S. The van der Waals surface area contributed by atoms with E-state index >= 15 is 0 Å². The number of carbonyl (C=O) groups is 2. The highest BCUT2D eigenvalue weighted by molar-refractivity contribution is 7.89. The zero-order valence-electron chi connectivity index (χ0n) is 18.8. The van der Waals surface area contributed by atoms with Crippen LogP contribution in [0.1, 0.15) is 31.7 Å². The van der Waals surface area contributed by atoms with Crippen molar-refractivity contribution in [1.82, 2.24) is 14.3 Å². The van der Waals surface area contributed by atoms with Crippen molar-refractivity contribution in [3.8, 4) is 0 Å². The second kappa shape index (κ2) is 10.6. The van der Waals surface area contributed by atoms with E-state index in [1.54, 1.807) is 26.0 Å². The van der Waals surface area contributed by atoms with Crippen molar-refractivity contribution in [1.29, 1.82) is 0 Å². The molecule has 176 valence electrons. The summed E-state index contributed by atoms with van der Waals surface area (Å²) in [4.78, 5) is 28.5. The fourth-order valence-corrected chi connectivity index (χ4v) is 4.59. The lowest BCUT2D eigenvalue weighted by Gasteiger charge is -2.17. The number of hydrogen-bond acceptors (Lipinski definition) is 7. The summed E-state index contributed by atoms with van der Waals surface area (Å²) in [6.07, 6.45) is -0.461. The Hall–Kier alpha value is -3.24. The van der Waals surface area contributed by atoms with Gasteiger partial charge in [0.15, 0.2) is 0 Å². The summed E-state index contributed by atoms with van der Waals surface area (Å²) in [5, 5.41) is 0. The van der Waals surface area contributed by atoms with E-state index in [-0.39, 0.29) is 18.1 Å². The van der Waals surface area contributed by atoms with Gasteiger partial charge < -0.3 is 14.0 Å². The molecule has 0 saturated carbocycles. The van der Waals surface area contributed by atoms with Crippen LogP contribution in [0.4, 0.5) is 0 Å². The Kier molecular flexibility index (Phi) is 7.83. The predicted molar refractivity (Wildman–Crippen MR) is 122 cm³/mol. The minimum Gasteiger partial charge on any atom is -0.466 e. The molecule has 2 aromatic carbocycles. The summed E-state index contributed by atoms with van der Waals surface area (Å²) < 4.78 is 39.8. The van der Waals surface area contributed by atoms with E-state index in [4.69, 9.17) is 9.47 Å². The number of aryl methyl sites for hydroxylation is 1. The third-order valence-electron chi connectivity index (χ3n) is 4.96. The SMILES string of the molecule is CCOC(=O)C[C@H](NS(=O)(=O)c1ccc(Cn2c(C)nc3ccccc32)cc1)C(=O)OCC. The van der Waals surface area contributed by atoms with E-state index < -0.39 is 34.4 Å². The number of ether oxygens (including phenoxy) is 2. The van der Waals surface area contributed by atoms with E-state index in [2.05, 4.69) is 9.71 Å². The Morgan fingerprint density at radius 1 is 1.03 bits per heavy atom. The number of imidazole rings is 1. The van der Waals surface area contributed by atoms with E-state index in [1.165, 1.54) is 12.1 Å². The Morgan fingerprint density at radius 2 is 1.70 bits per heavy atom. The molecule has 0 fully saturated rings. The summed E-state index contributed by atoms with van der Waals surface area (Å²) in [6, 6.07) is 12.7. The fraction of sp³-hybridized carbons (Fsp3) is 0.348. The van der Waals surface area contributed by atoms with Crippen LogP contribution in [0.25, 0.3) is 11.0 Å². The van der Waals surface area contributed by atoms with Gasteiger partial charge >= 0.3 is 11.9 Å². The number of hydrogen-bond donors (Lipinski definition) is 1. The van der Waals surface area contributed by atoms with Crippen molar-refractivity contribution in [2.75, 3.05) is 13.2 Å². The van der Waals surface area contributed by atoms with Crippen molar-refractivity contribution < 1.29 is 27.5 Å². The molecule has 33 heavy (non-hydrogen) atoms. The van der Waals surface area contributed by atoms with Crippen molar-refractivity contribution in [3.05, 3.63) is 59.9 Å². The quantitative estimate of drug-likeness (QED) is 0.450. The maximum absolute atomic E-state index is 12.9. The Morgan fingerprint density at radius 3 is 2.36 bits per heavy atom. The summed E-state index contributed by atoms with van der Waals surface area (Å²) in [7, 11) is -4.08. The van der Waals surface area contributed by atoms with Gasteiger partial charge in [-0.2, -0.15) is 4.72 Å². The molecule has 0 saturated heterocycles. The third kappa shape index (κ3) is 5.96. The molecule has 0 aliphatic heterocycles. The molecule has 1 aromatic heterocycles. The minimum absolute atomic E-state index is 0.0309. The molecule has 0 bridgehead atoms. The van der Waals surface area contributed by atoms with Gasteiger partial charge in [0.1, 0.15) is 11.9 Å². The van der Waals surface area contributed by atoms with Crippen molar-refractivity contribution in [2.45, 2.75) is 44.7 Å². The number of benzene rings is 2. The molecule has 0 amide bonds. The molecule has 1 heterocycles. The lowest BCUT2D eigenvalue weighted by molar-refractivity contribution is -0.151. The average molecular weight is 474 g/mol. The number of sulfonamides is 1. The maximum atomic E-state index is 12.9. The summed E-state index contributed by atoms with van der Waals surface area (Å²) in [5.41, 5.74) is 2.77. The molecule has 9 nitrogen and oxygen atoms in total. The lowest BCUT2D eigenvalue weighted by atomic mass is 10.2. The van der Waals surface area contributed by atoms with E-state index in [0.29, 0.717) is 6.54 Å². The standard InChI is InChI=1S/C23H27N3O6S/c1-4-31-22(27)14-20(23(28)32-5-2)25-33(29,30)18-12-10-17(11-13-18)15-26-16(3)24-19-8-6-7-9-21(19)26/h6-13,20,25H,4-5,14-15H2,1-3H3/t20-/m0/s1. The first-order valence-corrected chi connectivity index (χ1v) is 12.1. The molecular weight excluding hydrogens is 446 g/mol. The van der Waals surface area contributed by atoms with E-state index in [1.807, 2.05) is 35.8 Å². The maximum Gasteiger partial charge on any atom is 0.324 e. The first-order chi connectivity index (χ1) is 15.7. The molecule has 0 radical (unpaired) electrons. The Labute approximate surface area is 192 Å². The first-order valence-electron chi connectivity index (χ1n) is 10.6. The molecule has 3 rings (SSSR count). The van der Waals surface area contributed by atoms with Gasteiger partial charge in [-0.15, -0.1) is 0 Å². The highest BCUT2D eigenvalue weighted by atomic mass is 32.2. The van der Waals surface area contributed by atoms with Crippen LogP contribution in [-0.2, 0) is 35.6 Å². The summed E-state index contributed by atoms with van der Waals surface area (Å²) in [5.74, 6) is -0.685. The highest BCUT2D eigenvalue weighted by Gasteiger charge is 2.29. The molecule has 10 heteroatoms. The van der Waals surface area contributed by atoms with Gasteiger partial charge in [-0.25, -0.2) is 13.4 Å². The molecule has 0 spiro atoms. The van der Waals surface area contributed by atoms with Gasteiger partial charge in [0, 0.05) is 6.54 Å². The van der Waals surface area contributed by atoms with Crippen molar-refractivity contribution in [3.63, 3.8) is 0 Å². The molecule has 0 unspecified atom stereocenters. The van der Waals surface area contributed by atoms with Gasteiger partial charge in [0.05, 0.1) is 35.6 Å². The van der Waals surface area contributed by atoms with Crippen molar-refractivity contribution >= 4 is 33.0 Å². The number of aromatic nitrogens is 2. The van der Waals surface area contributed by atoms with Gasteiger partial charge in [-0.3, -0.25) is 9.59 Å². The van der Waals surface area contributed by atoms with Crippen LogP contribution >= 0.6 is 0 Å². The van der Waals surface area contributed by atoms with E-state index in [0.717, 1.165) is 22.4 Å². The Balaban J connectivity index is 1.78. The molecule has 3 aromatic rings. The van der Waals surface area contributed by atoms with Crippen LogP contribution in [0.5, 0.6) is 0 Å². The normalized spacial score (nSPS) is 12.5. The zero-order chi connectivity index (χ0) is 24.0. The van der Waals surface area contributed by atoms with Crippen LogP contribution in [0.2, 0.25) is 0 Å². The summed E-state index contributed by atoms with van der Waals surface area (Å²) >= 11 is 0. The lowest BCUT2D eigenvalue weighted by Crippen LogP contribution is -2.43. The van der Waals surface area contributed by atoms with Crippen LogP contribution in [0.3, 0.4) is 0 Å². The number of fused-ring (bicyclic) bond motifs is 1. The molecule has 1 atom stereocenters. The topological polar surface area (TPSA) is 117 Å². The second-order valence-electron chi connectivity index (χ2n) is 7.31. The predicted octanol–water partition coefficient (Wildman–Crippen LogP) is 2.56. The highest BCUT2D eigenvalue weighted by Crippen LogP contribution is 2.19. The van der Waals surface area contributed by atoms with Gasteiger partial charge in [-0.1, -0.05) is 24.3 Å². The minimum atomic E-state index is -4.08. The van der Waals surface area contributed by atoms with Crippen molar-refractivity contribution in [2.24, 2.45) is 0 Å². The van der Waals surface area contributed by atoms with Crippen LogP contribution in [0, 0.1) is 6.92 Å². The largest absolute Gasteiger partial charge is 0.466 e. The smallest absolute Gasteiger partial charge is 0.324 e. The van der Waals surface area contributed by atoms with Gasteiger partial charge in [-0.05, 0) is 50.6 Å². The number of nitrogens with one attached hydrogen (secondary N) is 1. The van der Waals surface area contributed by atoms with E-state index in [9.17, 15) is 18.0 Å². The summed E-state index contributed by atoms with van der Waals surface area (Å²) in [6.45, 7) is 5.83. The Bertz CT molecular complexity index is 1230. The fourth-order valence-electron chi connectivity index (χ4n) is 3.41. The second-order valence-corrected chi connectivity index (χ2v) is 9.03. The number of carbonyl (C=O) groups excluding carboxylic acids is 2.